The van der Waals surface area contributed by atoms with Crippen LogP contribution in [0.2, 0.25) is 0 Å². The van der Waals surface area contributed by atoms with E-state index in [9.17, 15) is 0 Å². The predicted octanol–water partition coefficient (Wildman–Crippen LogP) is 5.02. The highest BCUT2D eigenvalue weighted by molar-refractivity contribution is 5.82. The third kappa shape index (κ3) is 5.46. The van der Waals surface area contributed by atoms with Crippen molar-refractivity contribution in [2.45, 2.75) is 85.6 Å². The van der Waals surface area contributed by atoms with Crippen LogP contribution in [0.15, 0.2) is 4.99 Å². The number of aliphatic imine (C=N–C) groups is 1. The molecule has 1 saturated carbocycles. The molecule has 2 nitrogen and oxygen atoms in total. The highest BCUT2D eigenvalue weighted by Gasteiger charge is 2.22. The molecule has 0 heterocycles. The minimum absolute atomic E-state index is 0.383. The molecule has 1 aliphatic rings. The van der Waals surface area contributed by atoms with Crippen LogP contribution in [0.4, 0.5) is 0 Å². The van der Waals surface area contributed by atoms with Crippen LogP contribution in [-0.4, -0.2) is 11.9 Å². The van der Waals surface area contributed by atoms with Crippen LogP contribution < -0.4 is 5.73 Å². The molecule has 0 spiro atoms. The largest absolute Gasteiger partial charge is 0.387 e. The van der Waals surface area contributed by atoms with Crippen molar-refractivity contribution in [3.05, 3.63) is 0 Å². The molecule has 0 saturated heterocycles. The van der Waals surface area contributed by atoms with Gasteiger partial charge in [0, 0.05) is 5.92 Å². The zero-order valence-corrected chi connectivity index (χ0v) is 14.4. The summed E-state index contributed by atoms with van der Waals surface area (Å²) in [4.78, 5) is 4.91. The Balaban J connectivity index is 2.59. The molecule has 118 valence electrons. The van der Waals surface area contributed by atoms with Crippen LogP contribution in [0.25, 0.3) is 0 Å². The second-order valence-electron chi connectivity index (χ2n) is 7.31. The standard InChI is InChI=1S/C18H36N2/c1-6-14(4)17(13(2)3)20-18(19)15(5)12-16-10-8-7-9-11-16/h13-17H,6-12H2,1-5H3,(H2,19,20). The van der Waals surface area contributed by atoms with Gasteiger partial charge in [0.25, 0.3) is 0 Å². The van der Waals surface area contributed by atoms with E-state index < -0.39 is 0 Å². The summed E-state index contributed by atoms with van der Waals surface area (Å²) in [5, 5.41) is 0. The van der Waals surface area contributed by atoms with E-state index in [0.29, 0.717) is 23.8 Å². The molecule has 0 aromatic carbocycles. The molecule has 0 aliphatic heterocycles. The average molecular weight is 280 g/mol. The summed E-state index contributed by atoms with van der Waals surface area (Å²) in [5.74, 6) is 3.42. The van der Waals surface area contributed by atoms with Crippen molar-refractivity contribution in [3.8, 4) is 0 Å². The van der Waals surface area contributed by atoms with E-state index in [0.717, 1.165) is 11.8 Å². The molecule has 3 atom stereocenters. The van der Waals surface area contributed by atoms with Gasteiger partial charge < -0.3 is 5.73 Å². The summed E-state index contributed by atoms with van der Waals surface area (Å²) in [5.41, 5.74) is 6.32. The first-order valence-electron chi connectivity index (χ1n) is 8.78. The van der Waals surface area contributed by atoms with Gasteiger partial charge in [-0.25, -0.2) is 0 Å². The maximum Gasteiger partial charge on any atom is 0.0969 e. The minimum atomic E-state index is 0.383. The van der Waals surface area contributed by atoms with Gasteiger partial charge in [0.15, 0.2) is 0 Å². The van der Waals surface area contributed by atoms with Crippen molar-refractivity contribution in [2.75, 3.05) is 0 Å². The third-order valence-corrected chi connectivity index (χ3v) is 5.12. The fourth-order valence-electron chi connectivity index (χ4n) is 3.52. The Morgan fingerprint density at radius 3 is 2.20 bits per heavy atom. The van der Waals surface area contributed by atoms with Crippen molar-refractivity contribution >= 4 is 5.84 Å². The summed E-state index contributed by atoms with van der Waals surface area (Å²) in [7, 11) is 0. The van der Waals surface area contributed by atoms with Gasteiger partial charge in [-0.15, -0.1) is 0 Å². The molecule has 0 amide bonds. The van der Waals surface area contributed by atoms with Crippen molar-refractivity contribution in [3.63, 3.8) is 0 Å². The maximum atomic E-state index is 6.32. The van der Waals surface area contributed by atoms with Gasteiger partial charge in [0.1, 0.15) is 0 Å². The average Bonchev–Trinajstić information content (AvgIpc) is 2.44. The Labute approximate surface area is 126 Å². The number of nitrogens with zero attached hydrogens (tertiary/aromatic N) is 1. The molecule has 0 aromatic heterocycles. The van der Waals surface area contributed by atoms with Gasteiger partial charge in [-0.3, -0.25) is 4.99 Å². The van der Waals surface area contributed by atoms with E-state index in [1.807, 2.05) is 0 Å². The molecule has 1 aliphatic carbocycles. The van der Waals surface area contributed by atoms with Crippen LogP contribution in [0.5, 0.6) is 0 Å². The van der Waals surface area contributed by atoms with Gasteiger partial charge in [-0.2, -0.15) is 0 Å². The van der Waals surface area contributed by atoms with Gasteiger partial charge in [-0.05, 0) is 24.2 Å². The van der Waals surface area contributed by atoms with E-state index in [2.05, 4.69) is 34.6 Å². The lowest BCUT2D eigenvalue weighted by Gasteiger charge is -2.27. The summed E-state index contributed by atoms with van der Waals surface area (Å²) in [6, 6.07) is 0.383. The number of hydrogen-bond donors (Lipinski definition) is 1. The van der Waals surface area contributed by atoms with E-state index in [4.69, 9.17) is 10.7 Å². The number of hydrogen-bond acceptors (Lipinski definition) is 1. The summed E-state index contributed by atoms with van der Waals surface area (Å²) < 4.78 is 0. The first-order chi connectivity index (χ1) is 9.45. The fourth-order valence-corrected chi connectivity index (χ4v) is 3.52. The smallest absolute Gasteiger partial charge is 0.0969 e. The maximum absolute atomic E-state index is 6.32. The number of nitrogens with two attached hydrogens (primary N) is 1. The molecule has 1 fully saturated rings. The monoisotopic (exact) mass is 280 g/mol. The summed E-state index contributed by atoms with van der Waals surface area (Å²) in [6.45, 7) is 11.3. The van der Waals surface area contributed by atoms with Crippen LogP contribution in [0, 0.1) is 23.7 Å². The van der Waals surface area contributed by atoms with Crippen molar-refractivity contribution in [1.29, 1.82) is 0 Å². The highest BCUT2D eigenvalue weighted by atomic mass is 14.9. The predicted molar refractivity (Wildman–Crippen MR) is 90.1 cm³/mol. The molecule has 2 heteroatoms. The third-order valence-electron chi connectivity index (χ3n) is 5.12. The SMILES string of the molecule is CCC(C)C(N=C(N)C(C)CC1CCCCC1)C(C)C. The second kappa shape index (κ2) is 8.69. The van der Waals surface area contributed by atoms with Crippen LogP contribution in [0.1, 0.15) is 79.6 Å². The zero-order valence-electron chi connectivity index (χ0n) is 14.4. The molecule has 0 bridgehead atoms. The van der Waals surface area contributed by atoms with Gasteiger partial charge in [0.05, 0.1) is 11.9 Å². The van der Waals surface area contributed by atoms with Gasteiger partial charge in [0.2, 0.25) is 0 Å². The lowest BCUT2D eigenvalue weighted by molar-refractivity contribution is 0.317. The van der Waals surface area contributed by atoms with Crippen LogP contribution in [0.3, 0.4) is 0 Å². The van der Waals surface area contributed by atoms with Crippen molar-refractivity contribution < 1.29 is 0 Å². The molecule has 1 rings (SSSR count). The lowest BCUT2D eigenvalue weighted by atomic mass is 9.83. The first kappa shape index (κ1) is 17.5. The van der Waals surface area contributed by atoms with E-state index >= 15 is 0 Å². The molecule has 0 radical (unpaired) electrons. The molecular formula is C18H36N2. The minimum Gasteiger partial charge on any atom is -0.387 e. The molecule has 3 unspecified atom stereocenters. The van der Waals surface area contributed by atoms with Gasteiger partial charge >= 0.3 is 0 Å². The second-order valence-corrected chi connectivity index (χ2v) is 7.31. The van der Waals surface area contributed by atoms with Crippen molar-refractivity contribution in [1.82, 2.24) is 0 Å². The van der Waals surface area contributed by atoms with Crippen LogP contribution >= 0.6 is 0 Å². The normalized spacial score (nSPS) is 22.8. The zero-order chi connectivity index (χ0) is 15.1. The molecular weight excluding hydrogens is 244 g/mol. The Kier molecular flexibility index (Phi) is 7.61. The van der Waals surface area contributed by atoms with E-state index in [1.54, 1.807) is 0 Å². The highest BCUT2D eigenvalue weighted by Crippen LogP contribution is 2.29. The number of amidine groups is 1. The number of rotatable bonds is 7. The topological polar surface area (TPSA) is 38.4 Å². The molecule has 2 N–H and O–H groups in total. The van der Waals surface area contributed by atoms with Gasteiger partial charge in [-0.1, -0.05) is 73.1 Å². The van der Waals surface area contributed by atoms with Crippen LogP contribution in [-0.2, 0) is 0 Å². The Hall–Kier alpha value is -0.530. The lowest BCUT2D eigenvalue weighted by Crippen LogP contribution is -2.30. The Morgan fingerprint density at radius 2 is 1.70 bits per heavy atom. The molecule has 0 aromatic rings. The Bertz CT molecular complexity index is 290. The fraction of sp³-hybridized carbons (Fsp3) is 0.944. The Morgan fingerprint density at radius 1 is 1.10 bits per heavy atom. The molecule has 20 heavy (non-hydrogen) atoms. The summed E-state index contributed by atoms with van der Waals surface area (Å²) >= 11 is 0. The van der Waals surface area contributed by atoms with E-state index in [1.165, 1.54) is 44.9 Å². The summed E-state index contributed by atoms with van der Waals surface area (Å²) in [6.07, 6.45) is 9.47. The van der Waals surface area contributed by atoms with E-state index in [-0.39, 0.29) is 0 Å². The quantitative estimate of drug-likeness (QED) is 0.516. The first-order valence-corrected chi connectivity index (χ1v) is 8.78. The van der Waals surface area contributed by atoms with Crippen molar-refractivity contribution in [2.24, 2.45) is 34.4 Å².